The van der Waals surface area contributed by atoms with Crippen LogP contribution < -0.4 is 4.90 Å². The number of anilines is 1. The molecule has 1 aliphatic rings. The van der Waals surface area contributed by atoms with Gasteiger partial charge >= 0.3 is 11.9 Å². The number of benzene rings is 1. The summed E-state index contributed by atoms with van der Waals surface area (Å²) in [5.41, 5.74) is 4.06. The van der Waals surface area contributed by atoms with E-state index in [4.69, 9.17) is 4.74 Å². The first kappa shape index (κ1) is 17.2. The van der Waals surface area contributed by atoms with Crippen LogP contribution in [0.15, 0.2) is 18.3 Å². The molecular weight excluding hydrogens is 320 g/mol. The molecule has 132 valence electrons. The van der Waals surface area contributed by atoms with Gasteiger partial charge in [0, 0.05) is 24.7 Å². The lowest BCUT2D eigenvalue weighted by molar-refractivity contribution is -0.140. The number of aromatic nitrogens is 1. The van der Waals surface area contributed by atoms with E-state index in [1.807, 2.05) is 30.9 Å². The Morgan fingerprint density at radius 1 is 1.36 bits per heavy atom. The van der Waals surface area contributed by atoms with Crippen LogP contribution in [0.1, 0.15) is 34.8 Å². The lowest BCUT2D eigenvalue weighted by atomic mass is 10.0. The summed E-state index contributed by atoms with van der Waals surface area (Å²) in [7, 11) is 0. The van der Waals surface area contributed by atoms with E-state index in [1.54, 1.807) is 13.1 Å². The minimum Gasteiger partial charge on any atom is -0.481 e. The molecule has 1 unspecified atom stereocenters. The molecule has 1 saturated heterocycles. The third kappa shape index (κ3) is 3.16. The van der Waals surface area contributed by atoms with Gasteiger partial charge in [0.2, 0.25) is 0 Å². The van der Waals surface area contributed by atoms with E-state index in [9.17, 15) is 14.7 Å². The normalized spacial score (nSPS) is 17.1. The largest absolute Gasteiger partial charge is 0.481 e. The van der Waals surface area contributed by atoms with E-state index in [1.165, 1.54) is 0 Å². The Balaban J connectivity index is 2.19. The van der Waals surface area contributed by atoms with Crippen molar-refractivity contribution in [1.29, 1.82) is 0 Å². The van der Waals surface area contributed by atoms with Gasteiger partial charge in [-0.2, -0.15) is 0 Å². The van der Waals surface area contributed by atoms with Gasteiger partial charge in [-0.15, -0.1) is 0 Å². The molecule has 0 amide bonds. The Labute approximate surface area is 146 Å². The number of esters is 1. The molecule has 1 aliphatic heterocycles. The molecule has 0 spiro atoms. The zero-order valence-electron chi connectivity index (χ0n) is 14.7. The van der Waals surface area contributed by atoms with Gasteiger partial charge in [0.1, 0.15) is 5.56 Å². The maximum atomic E-state index is 12.4. The van der Waals surface area contributed by atoms with Gasteiger partial charge in [0.25, 0.3) is 0 Å². The second-order valence-electron chi connectivity index (χ2n) is 6.49. The van der Waals surface area contributed by atoms with Gasteiger partial charge in [-0.05, 0) is 38.8 Å². The Kier molecular flexibility index (Phi) is 4.61. The quantitative estimate of drug-likeness (QED) is 0.861. The summed E-state index contributed by atoms with van der Waals surface area (Å²) in [5.74, 6) is -1.65. The molecule has 2 heterocycles. The fourth-order valence-electron chi connectivity index (χ4n) is 3.51. The first-order valence-electron chi connectivity index (χ1n) is 8.47. The highest BCUT2D eigenvalue weighted by molar-refractivity contribution is 6.06. The molecule has 1 aromatic carbocycles. The zero-order valence-corrected chi connectivity index (χ0v) is 14.7. The van der Waals surface area contributed by atoms with Crippen molar-refractivity contribution in [2.24, 2.45) is 5.92 Å². The first-order valence-corrected chi connectivity index (χ1v) is 8.47. The Hall–Kier alpha value is -2.63. The minimum atomic E-state index is -0.800. The van der Waals surface area contributed by atoms with Gasteiger partial charge in [-0.25, -0.2) is 4.79 Å². The number of carboxylic acids is 1. The van der Waals surface area contributed by atoms with Crippen LogP contribution in [0.3, 0.4) is 0 Å². The second-order valence-corrected chi connectivity index (χ2v) is 6.49. The number of aryl methyl sites for hydroxylation is 2. The molecule has 6 heteroatoms. The molecule has 1 atom stereocenters. The van der Waals surface area contributed by atoms with Gasteiger partial charge < -0.3 is 14.7 Å². The molecule has 1 fully saturated rings. The number of nitrogens with zero attached hydrogens (tertiary/aromatic N) is 2. The molecule has 0 bridgehead atoms. The number of carbonyl (C=O) groups is 2. The van der Waals surface area contributed by atoms with E-state index in [2.05, 4.69) is 4.98 Å². The van der Waals surface area contributed by atoms with Crippen LogP contribution in [0.4, 0.5) is 5.69 Å². The Morgan fingerprint density at radius 2 is 2.12 bits per heavy atom. The fourth-order valence-corrected chi connectivity index (χ4v) is 3.51. The zero-order chi connectivity index (χ0) is 18.1. The predicted octanol–water partition coefficient (Wildman–Crippen LogP) is 2.94. The molecule has 0 aliphatic carbocycles. The van der Waals surface area contributed by atoms with E-state index in [0.29, 0.717) is 25.1 Å². The smallest absolute Gasteiger partial charge is 0.341 e. The molecule has 1 N–H and O–H groups in total. The Morgan fingerprint density at radius 3 is 2.76 bits per heavy atom. The van der Waals surface area contributed by atoms with Crippen LogP contribution in [0.5, 0.6) is 0 Å². The van der Waals surface area contributed by atoms with Crippen molar-refractivity contribution < 1.29 is 19.4 Å². The summed E-state index contributed by atoms with van der Waals surface area (Å²) in [4.78, 5) is 30.2. The second kappa shape index (κ2) is 6.70. The van der Waals surface area contributed by atoms with E-state index in [-0.39, 0.29) is 6.61 Å². The van der Waals surface area contributed by atoms with Gasteiger partial charge in [0.15, 0.2) is 0 Å². The van der Waals surface area contributed by atoms with Crippen molar-refractivity contribution in [2.45, 2.75) is 27.2 Å². The Bertz CT molecular complexity index is 847. The number of aliphatic carboxylic acids is 1. The monoisotopic (exact) mass is 342 g/mol. The number of pyridine rings is 1. The molecule has 1 aromatic heterocycles. The average Bonchev–Trinajstić information content (AvgIpc) is 3.03. The topological polar surface area (TPSA) is 79.7 Å². The summed E-state index contributed by atoms with van der Waals surface area (Å²) in [5, 5.41) is 10.2. The van der Waals surface area contributed by atoms with Crippen molar-refractivity contribution in [1.82, 2.24) is 4.98 Å². The average molecular weight is 342 g/mol. The van der Waals surface area contributed by atoms with Crippen LogP contribution in [0, 0.1) is 19.8 Å². The van der Waals surface area contributed by atoms with Gasteiger partial charge in [0.05, 0.1) is 23.7 Å². The summed E-state index contributed by atoms with van der Waals surface area (Å²) < 4.78 is 5.19. The van der Waals surface area contributed by atoms with Crippen molar-refractivity contribution in [3.05, 3.63) is 35.0 Å². The summed E-state index contributed by atoms with van der Waals surface area (Å²) in [6.07, 6.45) is 2.11. The SMILES string of the molecule is CCOC(=O)c1cnc2c(C)cc(C)cc2c1N1CCC(C(=O)O)C1. The maximum Gasteiger partial charge on any atom is 0.341 e. The highest BCUT2D eigenvalue weighted by Gasteiger charge is 2.32. The molecule has 0 saturated carbocycles. The molecule has 3 rings (SSSR count). The van der Waals surface area contributed by atoms with E-state index >= 15 is 0 Å². The first-order chi connectivity index (χ1) is 11.9. The fraction of sp³-hybridized carbons (Fsp3) is 0.421. The third-order valence-corrected chi connectivity index (χ3v) is 4.63. The van der Waals surface area contributed by atoms with Crippen LogP contribution in [-0.2, 0) is 9.53 Å². The summed E-state index contributed by atoms with van der Waals surface area (Å²) in [6.45, 7) is 7.00. The van der Waals surface area contributed by atoms with Crippen molar-refractivity contribution >= 4 is 28.5 Å². The standard InChI is InChI=1S/C19H22N2O4/c1-4-25-19(24)15-9-20-16-12(3)7-11(2)8-14(16)17(15)21-6-5-13(10-21)18(22)23/h7-9,13H,4-6,10H2,1-3H3,(H,22,23). The van der Waals surface area contributed by atoms with Crippen LogP contribution in [0.25, 0.3) is 10.9 Å². The van der Waals surface area contributed by atoms with E-state index in [0.717, 1.165) is 27.7 Å². The number of fused-ring (bicyclic) bond motifs is 1. The highest BCUT2D eigenvalue weighted by atomic mass is 16.5. The number of carbonyl (C=O) groups excluding carboxylic acids is 1. The summed E-state index contributed by atoms with van der Waals surface area (Å²) >= 11 is 0. The summed E-state index contributed by atoms with van der Waals surface area (Å²) in [6, 6.07) is 4.05. The van der Waals surface area contributed by atoms with Crippen molar-refractivity contribution in [2.75, 3.05) is 24.6 Å². The molecule has 25 heavy (non-hydrogen) atoms. The van der Waals surface area contributed by atoms with Crippen LogP contribution in [0.2, 0.25) is 0 Å². The number of hydrogen-bond acceptors (Lipinski definition) is 5. The minimum absolute atomic E-state index is 0.279. The lowest BCUT2D eigenvalue weighted by Gasteiger charge is -2.23. The third-order valence-electron chi connectivity index (χ3n) is 4.63. The van der Waals surface area contributed by atoms with Gasteiger partial charge in [-0.1, -0.05) is 11.6 Å². The van der Waals surface area contributed by atoms with Crippen molar-refractivity contribution in [3.8, 4) is 0 Å². The highest BCUT2D eigenvalue weighted by Crippen LogP contribution is 2.35. The number of hydrogen-bond donors (Lipinski definition) is 1. The van der Waals surface area contributed by atoms with Crippen molar-refractivity contribution in [3.63, 3.8) is 0 Å². The number of ether oxygens (including phenoxy) is 1. The van der Waals surface area contributed by atoms with Gasteiger partial charge in [-0.3, -0.25) is 9.78 Å². The lowest BCUT2D eigenvalue weighted by Crippen LogP contribution is -2.25. The molecule has 2 aromatic rings. The maximum absolute atomic E-state index is 12.4. The molecule has 6 nitrogen and oxygen atoms in total. The van der Waals surface area contributed by atoms with Crippen LogP contribution >= 0.6 is 0 Å². The molecule has 0 radical (unpaired) electrons. The predicted molar refractivity (Wildman–Crippen MR) is 95.1 cm³/mol. The number of carboxylic acid groups (broad SMARTS) is 1. The van der Waals surface area contributed by atoms with Crippen LogP contribution in [-0.4, -0.2) is 41.7 Å². The van der Waals surface area contributed by atoms with E-state index < -0.39 is 17.9 Å². The number of rotatable bonds is 4. The molecular formula is C19H22N2O4.